The van der Waals surface area contributed by atoms with Crippen LogP contribution >= 0.6 is 0 Å². The Labute approximate surface area is 110 Å². The number of aromatic nitrogens is 1. The standard InChI is InChI=1S/C15H15NO3/c1-19-12-2-3-13-11(8-12)4-5-16-14(13)6-10(9-17)7-15(16)18/h2-3,6-8,17H,4-5,9H2,1H3. The maximum Gasteiger partial charge on any atom is 0.251 e. The molecule has 2 aromatic rings. The molecule has 0 bridgehead atoms. The number of benzene rings is 1. The van der Waals surface area contributed by atoms with E-state index in [1.807, 2.05) is 24.3 Å². The molecule has 4 heteroatoms. The van der Waals surface area contributed by atoms with E-state index in [2.05, 4.69) is 0 Å². The smallest absolute Gasteiger partial charge is 0.251 e. The second-order valence-electron chi connectivity index (χ2n) is 4.67. The fraction of sp³-hybridized carbons (Fsp3) is 0.267. The van der Waals surface area contributed by atoms with Crippen molar-refractivity contribution in [3.63, 3.8) is 0 Å². The van der Waals surface area contributed by atoms with Crippen LogP contribution in [-0.2, 0) is 19.6 Å². The van der Waals surface area contributed by atoms with Crippen LogP contribution in [0.5, 0.6) is 5.75 Å². The van der Waals surface area contributed by atoms with E-state index in [0.29, 0.717) is 12.1 Å². The lowest BCUT2D eigenvalue weighted by atomic mass is 9.96. The first-order valence-electron chi connectivity index (χ1n) is 6.25. The van der Waals surface area contributed by atoms with Crippen molar-refractivity contribution < 1.29 is 9.84 Å². The summed E-state index contributed by atoms with van der Waals surface area (Å²) >= 11 is 0. The molecule has 1 aromatic carbocycles. The Morgan fingerprint density at radius 3 is 2.89 bits per heavy atom. The number of fused-ring (bicyclic) bond motifs is 3. The van der Waals surface area contributed by atoms with Gasteiger partial charge in [-0.1, -0.05) is 0 Å². The first kappa shape index (κ1) is 12.0. The van der Waals surface area contributed by atoms with Crippen molar-refractivity contribution in [2.24, 2.45) is 0 Å². The molecule has 1 aliphatic rings. The molecule has 4 nitrogen and oxygen atoms in total. The van der Waals surface area contributed by atoms with Gasteiger partial charge in [-0.3, -0.25) is 4.79 Å². The van der Waals surface area contributed by atoms with E-state index in [0.717, 1.165) is 23.4 Å². The van der Waals surface area contributed by atoms with Crippen molar-refractivity contribution in [2.75, 3.05) is 7.11 Å². The summed E-state index contributed by atoms with van der Waals surface area (Å²) in [6.07, 6.45) is 0.817. The Bertz CT molecular complexity index is 688. The third kappa shape index (κ3) is 1.94. The first-order valence-corrected chi connectivity index (χ1v) is 6.25. The molecule has 1 aliphatic heterocycles. The van der Waals surface area contributed by atoms with Crippen LogP contribution in [0, 0.1) is 0 Å². The van der Waals surface area contributed by atoms with Gasteiger partial charge in [0.1, 0.15) is 5.75 Å². The second kappa shape index (κ2) is 4.55. The molecule has 98 valence electrons. The fourth-order valence-corrected chi connectivity index (χ4v) is 2.58. The Hall–Kier alpha value is -2.07. The normalized spacial score (nSPS) is 12.7. The van der Waals surface area contributed by atoms with Gasteiger partial charge in [-0.15, -0.1) is 0 Å². The maximum atomic E-state index is 12.0. The lowest BCUT2D eigenvalue weighted by Crippen LogP contribution is -2.26. The van der Waals surface area contributed by atoms with Crippen LogP contribution < -0.4 is 10.3 Å². The summed E-state index contributed by atoms with van der Waals surface area (Å²) in [5, 5.41) is 9.23. The Morgan fingerprint density at radius 2 is 2.16 bits per heavy atom. The first-order chi connectivity index (χ1) is 9.22. The van der Waals surface area contributed by atoms with Crippen molar-refractivity contribution in [1.29, 1.82) is 0 Å². The molecule has 2 heterocycles. The summed E-state index contributed by atoms with van der Waals surface area (Å²) < 4.78 is 6.99. The number of nitrogens with zero attached hydrogens (tertiary/aromatic N) is 1. The molecule has 0 radical (unpaired) electrons. The zero-order valence-corrected chi connectivity index (χ0v) is 10.7. The van der Waals surface area contributed by atoms with Crippen LogP contribution in [0.1, 0.15) is 11.1 Å². The highest BCUT2D eigenvalue weighted by Gasteiger charge is 2.18. The van der Waals surface area contributed by atoms with Crippen molar-refractivity contribution in [3.8, 4) is 17.0 Å². The largest absolute Gasteiger partial charge is 0.497 e. The number of methoxy groups -OCH3 is 1. The number of pyridine rings is 1. The van der Waals surface area contributed by atoms with E-state index in [1.54, 1.807) is 11.7 Å². The molecule has 0 saturated heterocycles. The molecule has 0 unspecified atom stereocenters. The summed E-state index contributed by atoms with van der Waals surface area (Å²) in [5.41, 5.74) is 3.69. The number of aliphatic hydroxyl groups is 1. The van der Waals surface area contributed by atoms with Gasteiger partial charge in [0.25, 0.3) is 5.56 Å². The number of rotatable bonds is 2. The zero-order chi connectivity index (χ0) is 13.4. The third-order valence-corrected chi connectivity index (χ3v) is 3.56. The van der Waals surface area contributed by atoms with Crippen LogP contribution in [0.3, 0.4) is 0 Å². The molecule has 19 heavy (non-hydrogen) atoms. The molecule has 1 N–H and O–H groups in total. The quantitative estimate of drug-likeness (QED) is 0.888. The van der Waals surface area contributed by atoms with Crippen molar-refractivity contribution >= 4 is 0 Å². The van der Waals surface area contributed by atoms with E-state index in [9.17, 15) is 9.90 Å². The molecule has 3 rings (SSSR count). The highest BCUT2D eigenvalue weighted by Crippen LogP contribution is 2.31. The predicted octanol–water partition coefficient (Wildman–Crippen LogP) is 1.57. The minimum absolute atomic E-state index is 0.0528. The number of aliphatic hydroxyl groups excluding tert-OH is 1. The summed E-state index contributed by atoms with van der Waals surface area (Å²) in [4.78, 5) is 12.0. The van der Waals surface area contributed by atoms with Gasteiger partial charge in [-0.05, 0) is 41.8 Å². The number of hydrogen-bond acceptors (Lipinski definition) is 3. The molecule has 0 fully saturated rings. The SMILES string of the molecule is COc1ccc2c(c1)CCn1c-2cc(CO)cc1=O. The topological polar surface area (TPSA) is 51.5 Å². The highest BCUT2D eigenvalue weighted by atomic mass is 16.5. The maximum absolute atomic E-state index is 12.0. The van der Waals surface area contributed by atoms with E-state index in [4.69, 9.17) is 4.74 Å². The summed E-state index contributed by atoms with van der Waals surface area (Å²) in [7, 11) is 1.65. The van der Waals surface area contributed by atoms with E-state index < -0.39 is 0 Å². The molecular weight excluding hydrogens is 242 g/mol. The summed E-state index contributed by atoms with van der Waals surface area (Å²) in [6, 6.07) is 9.25. The molecule has 0 spiro atoms. The summed E-state index contributed by atoms with van der Waals surface area (Å²) in [5.74, 6) is 0.827. The Balaban J connectivity index is 2.23. The van der Waals surface area contributed by atoms with Gasteiger partial charge >= 0.3 is 0 Å². The van der Waals surface area contributed by atoms with E-state index >= 15 is 0 Å². The van der Waals surface area contributed by atoms with Crippen molar-refractivity contribution in [2.45, 2.75) is 19.6 Å². The minimum Gasteiger partial charge on any atom is -0.497 e. The summed E-state index contributed by atoms with van der Waals surface area (Å²) in [6.45, 7) is 0.550. The van der Waals surface area contributed by atoms with Gasteiger partial charge in [0.15, 0.2) is 0 Å². The van der Waals surface area contributed by atoms with Gasteiger partial charge in [-0.2, -0.15) is 0 Å². The monoisotopic (exact) mass is 257 g/mol. The Kier molecular flexibility index (Phi) is 2.87. The van der Waals surface area contributed by atoms with Gasteiger partial charge in [0, 0.05) is 18.2 Å². The van der Waals surface area contributed by atoms with Crippen LogP contribution in [0.25, 0.3) is 11.3 Å². The predicted molar refractivity (Wildman–Crippen MR) is 72.3 cm³/mol. The zero-order valence-electron chi connectivity index (χ0n) is 10.7. The van der Waals surface area contributed by atoms with Gasteiger partial charge < -0.3 is 14.4 Å². The van der Waals surface area contributed by atoms with Crippen LogP contribution in [0.15, 0.2) is 35.1 Å². The highest BCUT2D eigenvalue weighted by molar-refractivity contribution is 5.67. The van der Waals surface area contributed by atoms with E-state index in [1.165, 1.54) is 11.6 Å². The van der Waals surface area contributed by atoms with Crippen LogP contribution in [0.2, 0.25) is 0 Å². The molecule has 1 aromatic heterocycles. The lowest BCUT2D eigenvalue weighted by Gasteiger charge is -2.22. The number of aryl methyl sites for hydroxylation is 1. The number of hydrogen-bond donors (Lipinski definition) is 1. The Morgan fingerprint density at radius 1 is 1.32 bits per heavy atom. The lowest BCUT2D eigenvalue weighted by molar-refractivity contribution is 0.281. The molecule has 0 saturated carbocycles. The molecule has 0 amide bonds. The second-order valence-corrected chi connectivity index (χ2v) is 4.67. The minimum atomic E-state index is -0.116. The average Bonchev–Trinajstić information content (AvgIpc) is 2.46. The molecule has 0 atom stereocenters. The number of ether oxygens (including phenoxy) is 1. The van der Waals surface area contributed by atoms with Crippen LogP contribution in [-0.4, -0.2) is 16.8 Å². The average molecular weight is 257 g/mol. The molecular formula is C15H15NO3. The van der Waals surface area contributed by atoms with E-state index in [-0.39, 0.29) is 12.2 Å². The van der Waals surface area contributed by atoms with Crippen LogP contribution in [0.4, 0.5) is 0 Å². The third-order valence-electron chi connectivity index (χ3n) is 3.56. The van der Waals surface area contributed by atoms with Gasteiger partial charge in [0.2, 0.25) is 0 Å². The molecule has 0 aliphatic carbocycles. The van der Waals surface area contributed by atoms with Gasteiger partial charge in [0.05, 0.1) is 19.4 Å². The van der Waals surface area contributed by atoms with Gasteiger partial charge in [-0.25, -0.2) is 0 Å². The van der Waals surface area contributed by atoms with Crippen molar-refractivity contribution in [3.05, 3.63) is 51.8 Å². The van der Waals surface area contributed by atoms with Crippen molar-refractivity contribution in [1.82, 2.24) is 4.57 Å². The fourth-order valence-electron chi connectivity index (χ4n) is 2.58.